The zero-order valence-electron chi connectivity index (χ0n) is 21.0. The summed E-state index contributed by atoms with van der Waals surface area (Å²) in [5.74, 6) is 2.13. The first-order valence-electron chi connectivity index (χ1n) is 12.1. The van der Waals surface area contributed by atoms with Crippen molar-refractivity contribution in [2.75, 3.05) is 59.5 Å². The zero-order chi connectivity index (χ0) is 23.1. The summed E-state index contributed by atoms with van der Waals surface area (Å²) in [5.41, 5.74) is 1.17. The molecular formula is C25H42IN5O2. The SMILES string of the molecule is CCNC(=NCC(C)(C)c1ccc(OC)cc1)N1CCN(C(C)C(=O)N2CCCC2)CC1.I. The molecule has 1 atom stereocenters. The number of rotatable bonds is 7. The number of carbonyl (C=O) groups excluding carboxylic acids is 1. The Morgan fingerprint density at radius 2 is 1.67 bits per heavy atom. The minimum Gasteiger partial charge on any atom is -0.497 e. The minimum absolute atomic E-state index is 0. The molecule has 1 aromatic rings. The average Bonchev–Trinajstić information content (AvgIpc) is 3.36. The van der Waals surface area contributed by atoms with Gasteiger partial charge in [-0.15, -0.1) is 24.0 Å². The number of guanidine groups is 1. The molecule has 1 aromatic carbocycles. The van der Waals surface area contributed by atoms with Crippen LogP contribution < -0.4 is 10.1 Å². The molecule has 2 aliphatic heterocycles. The Balaban J connectivity index is 0.00000385. The van der Waals surface area contributed by atoms with Crippen LogP contribution in [-0.4, -0.2) is 92.1 Å². The topological polar surface area (TPSA) is 60.4 Å². The number of amides is 1. The minimum atomic E-state index is -0.0779. The fourth-order valence-electron chi connectivity index (χ4n) is 4.51. The van der Waals surface area contributed by atoms with Gasteiger partial charge in [0, 0.05) is 51.2 Å². The van der Waals surface area contributed by atoms with Crippen molar-refractivity contribution in [1.82, 2.24) is 20.0 Å². The van der Waals surface area contributed by atoms with Crippen molar-refractivity contribution in [3.05, 3.63) is 29.8 Å². The van der Waals surface area contributed by atoms with E-state index in [1.807, 2.05) is 17.0 Å². The normalized spacial score (nSPS) is 18.6. The summed E-state index contributed by atoms with van der Waals surface area (Å²) in [6.07, 6.45) is 2.28. The predicted molar refractivity (Wildman–Crippen MR) is 146 cm³/mol. The van der Waals surface area contributed by atoms with Gasteiger partial charge in [0.25, 0.3) is 0 Å². The van der Waals surface area contributed by atoms with Crippen LogP contribution >= 0.6 is 24.0 Å². The summed E-state index contributed by atoms with van der Waals surface area (Å²) in [5, 5.41) is 3.47. The van der Waals surface area contributed by atoms with E-state index in [0.717, 1.165) is 70.4 Å². The number of carbonyl (C=O) groups is 1. The standard InChI is InChI=1S/C25H41N5O2.HI/c1-6-26-24(27-19-25(3,4)21-9-11-22(32-5)12-10-21)30-17-15-28(16-18-30)20(2)23(31)29-13-7-8-14-29;/h9-12,20H,6-8,13-19H2,1-5H3,(H,26,27);1H. The van der Waals surface area contributed by atoms with Crippen LogP contribution in [0.2, 0.25) is 0 Å². The van der Waals surface area contributed by atoms with Crippen molar-refractivity contribution >= 4 is 35.8 Å². The van der Waals surface area contributed by atoms with Crippen LogP contribution in [0.15, 0.2) is 29.3 Å². The number of methoxy groups -OCH3 is 1. The lowest BCUT2D eigenvalue weighted by Gasteiger charge is -2.39. The number of hydrogen-bond acceptors (Lipinski definition) is 4. The molecule has 2 heterocycles. The molecule has 2 aliphatic rings. The van der Waals surface area contributed by atoms with Gasteiger partial charge in [-0.3, -0.25) is 14.7 Å². The quantitative estimate of drug-likeness (QED) is 0.310. The molecule has 0 saturated carbocycles. The van der Waals surface area contributed by atoms with Gasteiger partial charge in [-0.2, -0.15) is 0 Å². The van der Waals surface area contributed by atoms with E-state index in [1.165, 1.54) is 5.56 Å². The van der Waals surface area contributed by atoms with Crippen molar-refractivity contribution in [2.45, 2.75) is 52.0 Å². The molecule has 33 heavy (non-hydrogen) atoms. The molecule has 0 radical (unpaired) electrons. The first-order valence-corrected chi connectivity index (χ1v) is 12.1. The number of ether oxygens (including phenoxy) is 1. The van der Waals surface area contributed by atoms with E-state index >= 15 is 0 Å². The molecule has 0 spiro atoms. The highest BCUT2D eigenvalue weighted by Crippen LogP contribution is 2.26. The number of nitrogens with one attached hydrogen (secondary N) is 1. The smallest absolute Gasteiger partial charge is 0.239 e. The van der Waals surface area contributed by atoms with Crippen LogP contribution in [0.3, 0.4) is 0 Å². The van der Waals surface area contributed by atoms with Gasteiger partial charge in [-0.05, 0) is 44.4 Å². The fraction of sp³-hybridized carbons (Fsp3) is 0.680. The third-order valence-electron chi connectivity index (χ3n) is 6.77. The summed E-state index contributed by atoms with van der Waals surface area (Å²) >= 11 is 0. The zero-order valence-corrected chi connectivity index (χ0v) is 23.3. The molecular weight excluding hydrogens is 529 g/mol. The van der Waals surface area contributed by atoms with Crippen LogP contribution in [0.5, 0.6) is 5.75 Å². The molecule has 7 nitrogen and oxygen atoms in total. The Bertz CT molecular complexity index is 770. The second kappa shape index (κ2) is 12.8. The molecule has 3 rings (SSSR count). The second-order valence-corrected chi connectivity index (χ2v) is 9.51. The first kappa shape index (κ1) is 27.7. The lowest BCUT2D eigenvalue weighted by molar-refractivity contribution is -0.135. The maximum atomic E-state index is 12.8. The van der Waals surface area contributed by atoms with E-state index in [4.69, 9.17) is 9.73 Å². The van der Waals surface area contributed by atoms with E-state index < -0.39 is 0 Å². The van der Waals surface area contributed by atoms with E-state index in [-0.39, 0.29) is 41.3 Å². The Hall–Kier alpha value is -1.55. The number of nitrogens with zero attached hydrogens (tertiary/aromatic N) is 4. The molecule has 0 bridgehead atoms. The molecule has 1 unspecified atom stereocenters. The Morgan fingerprint density at radius 1 is 1.06 bits per heavy atom. The molecule has 2 saturated heterocycles. The third kappa shape index (κ3) is 7.21. The van der Waals surface area contributed by atoms with Gasteiger partial charge in [-0.25, -0.2) is 0 Å². The molecule has 186 valence electrons. The monoisotopic (exact) mass is 571 g/mol. The predicted octanol–water partition coefficient (Wildman–Crippen LogP) is 3.18. The highest BCUT2D eigenvalue weighted by Gasteiger charge is 2.30. The largest absolute Gasteiger partial charge is 0.497 e. The second-order valence-electron chi connectivity index (χ2n) is 9.51. The molecule has 8 heteroatoms. The summed E-state index contributed by atoms with van der Waals surface area (Å²) in [6, 6.07) is 8.23. The van der Waals surface area contributed by atoms with Gasteiger partial charge >= 0.3 is 0 Å². The average molecular weight is 572 g/mol. The maximum absolute atomic E-state index is 12.8. The molecule has 1 amide bonds. The number of likely N-dealkylation sites (tertiary alicyclic amines) is 1. The number of benzene rings is 1. The van der Waals surface area contributed by atoms with Crippen LogP contribution in [0.25, 0.3) is 0 Å². The highest BCUT2D eigenvalue weighted by atomic mass is 127. The van der Waals surface area contributed by atoms with Gasteiger partial charge in [0.1, 0.15) is 5.75 Å². The van der Waals surface area contributed by atoms with Crippen molar-refractivity contribution in [3.63, 3.8) is 0 Å². The summed E-state index contributed by atoms with van der Waals surface area (Å²) < 4.78 is 5.29. The van der Waals surface area contributed by atoms with Crippen molar-refractivity contribution in [3.8, 4) is 5.75 Å². The Morgan fingerprint density at radius 3 is 2.21 bits per heavy atom. The van der Waals surface area contributed by atoms with Gasteiger partial charge in [0.05, 0.1) is 19.7 Å². The summed E-state index contributed by atoms with van der Waals surface area (Å²) in [4.78, 5) is 24.5. The molecule has 0 aromatic heterocycles. The van der Waals surface area contributed by atoms with Crippen LogP contribution in [-0.2, 0) is 10.2 Å². The van der Waals surface area contributed by atoms with Gasteiger partial charge in [0.15, 0.2) is 5.96 Å². The fourth-order valence-corrected chi connectivity index (χ4v) is 4.51. The van der Waals surface area contributed by atoms with Crippen LogP contribution in [0.1, 0.15) is 46.1 Å². The first-order chi connectivity index (χ1) is 15.4. The molecule has 1 N–H and O–H groups in total. The lowest BCUT2D eigenvalue weighted by atomic mass is 9.85. The lowest BCUT2D eigenvalue weighted by Crippen LogP contribution is -2.57. The number of hydrogen-bond donors (Lipinski definition) is 1. The van der Waals surface area contributed by atoms with Crippen LogP contribution in [0, 0.1) is 0 Å². The number of piperazine rings is 1. The van der Waals surface area contributed by atoms with Crippen molar-refractivity contribution in [2.24, 2.45) is 4.99 Å². The van der Waals surface area contributed by atoms with Gasteiger partial charge < -0.3 is 19.9 Å². The van der Waals surface area contributed by atoms with E-state index in [0.29, 0.717) is 6.54 Å². The van der Waals surface area contributed by atoms with Crippen molar-refractivity contribution < 1.29 is 9.53 Å². The van der Waals surface area contributed by atoms with E-state index in [2.05, 4.69) is 54.9 Å². The summed E-state index contributed by atoms with van der Waals surface area (Å²) in [7, 11) is 1.69. The molecule has 2 fully saturated rings. The Labute approximate surface area is 216 Å². The number of aliphatic imine (C=N–C) groups is 1. The number of halogens is 1. The Kier molecular flexibility index (Phi) is 10.7. The van der Waals surface area contributed by atoms with Crippen LogP contribution in [0.4, 0.5) is 0 Å². The van der Waals surface area contributed by atoms with E-state index in [1.54, 1.807) is 7.11 Å². The van der Waals surface area contributed by atoms with Gasteiger partial charge in [-0.1, -0.05) is 26.0 Å². The van der Waals surface area contributed by atoms with Gasteiger partial charge in [0.2, 0.25) is 5.91 Å². The summed E-state index contributed by atoms with van der Waals surface area (Å²) in [6.45, 7) is 15.5. The third-order valence-corrected chi connectivity index (χ3v) is 6.77. The molecule has 0 aliphatic carbocycles. The maximum Gasteiger partial charge on any atom is 0.239 e. The van der Waals surface area contributed by atoms with Crippen molar-refractivity contribution in [1.29, 1.82) is 0 Å². The highest BCUT2D eigenvalue weighted by molar-refractivity contribution is 14.0. The van der Waals surface area contributed by atoms with E-state index in [9.17, 15) is 4.79 Å².